The van der Waals surface area contributed by atoms with Gasteiger partial charge in [0.2, 0.25) is 70.9 Å². The van der Waals surface area contributed by atoms with Gasteiger partial charge in [-0.3, -0.25) is 57.5 Å². The molecule has 12 amide bonds. The minimum Gasteiger partial charge on any atom is -0.497 e. The van der Waals surface area contributed by atoms with E-state index in [1.54, 1.807) is 52.0 Å². The smallest absolute Gasteiger partial charge is 0.246 e. The van der Waals surface area contributed by atoms with Crippen LogP contribution in [0, 0.1) is 11.8 Å². The molecule has 0 aromatic heterocycles. The summed E-state index contributed by atoms with van der Waals surface area (Å²) in [5, 5.41) is 20.5. The number of amides is 12. The molecule has 16 N–H and O–H groups in total. The topological polar surface area (TPSA) is 418 Å². The van der Waals surface area contributed by atoms with Crippen molar-refractivity contribution in [1.29, 1.82) is 0 Å². The van der Waals surface area contributed by atoms with E-state index in [0.717, 1.165) is 21.6 Å². The molecule has 3 rings (SSSR count). The molecule has 2 aliphatic heterocycles. The molecule has 2 heterocycles. The van der Waals surface area contributed by atoms with Crippen molar-refractivity contribution in [3.05, 3.63) is 29.8 Å². The van der Waals surface area contributed by atoms with Crippen molar-refractivity contribution in [3.8, 4) is 5.75 Å². The highest BCUT2D eigenvalue weighted by Crippen LogP contribution is 2.26. The van der Waals surface area contributed by atoms with Gasteiger partial charge in [0, 0.05) is 30.9 Å². The van der Waals surface area contributed by atoms with Gasteiger partial charge in [-0.15, -0.1) is 0 Å². The van der Waals surface area contributed by atoms with E-state index < -0.39 is 157 Å². The predicted molar refractivity (Wildman–Crippen MR) is 272 cm³/mol. The number of likely N-dealkylation sites (tertiary alicyclic amines) is 1. The first-order valence-electron chi connectivity index (χ1n) is 24.1. The van der Waals surface area contributed by atoms with Crippen molar-refractivity contribution in [2.75, 3.05) is 38.2 Å². The highest BCUT2D eigenvalue weighted by atomic mass is 33.1. The summed E-state index contributed by atoms with van der Waals surface area (Å²) in [6.45, 7) is 6.00. The number of methoxy groups -OCH3 is 1. The summed E-state index contributed by atoms with van der Waals surface area (Å²) < 4.78 is 5.26. The van der Waals surface area contributed by atoms with Crippen LogP contribution in [-0.4, -0.2) is 162 Å². The van der Waals surface area contributed by atoms with Crippen molar-refractivity contribution in [2.24, 2.45) is 34.8 Å². The van der Waals surface area contributed by atoms with Crippen molar-refractivity contribution in [1.82, 2.24) is 47.4 Å². The molecule has 0 aliphatic carbocycles. The second kappa shape index (κ2) is 30.5. The van der Waals surface area contributed by atoms with Crippen molar-refractivity contribution in [3.63, 3.8) is 0 Å². The Bertz CT molecular complexity index is 2210. The van der Waals surface area contributed by atoms with E-state index in [4.69, 9.17) is 27.7 Å². The summed E-state index contributed by atoms with van der Waals surface area (Å²) in [4.78, 5) is 163. The Kier molecular flexibility index (Phi) is 25.4. The highest BCUT2D eigenvalue weighted by molar-refractivity contribution is 8.76. The third-order valence-electron chi connectivity index (χ3n) is 12.0. The summed E-state index contributed by atoms with van der Waals surface area (Å²) in [5.41, 5.74) is 22.3. The van der Waals surface area contributed by atoms with Crippen LogP contribution >= 0.6 is 21.6 Å². The molecule has 1 aromatic carbocycles. The van der Waals surface area contributed by atoms with Gasteiger partial charge in [0.25, 0.3) is 0 Å². The average Bonchev–Trinajstić information content (AvgIpc) is 3.85. The summed E-state index contributed by atoms with van der Waals surface area (Å²) in [6.07, 6.45) is -0.877. The molecule has 0 radical (unpaired) electrons. The molecule has 0 bridgehead atoms. The van der Waals surface area contributed by atoms with Crippen LogP contribution in [0.3, 0.4) is 0 Å². The fourth-order valence-corrected chi connectivity index (χ4v) is 10.1. The molecule has 9 atom stereocenters. The van der Waals surface area contributed by atoms with Gasteiger partial charge in [0.05, 0.1) is 26.6 Å². The van der Waals surface area contributed by atoms with Crippen molar-refractivity contribution < 1.29 is 62.3 Å². The van der Waals surface area contributed by atoms with E-state index in [0.29, 0.717) is 24.2 Å². The Morgan fingerprint density at radius 1 is 0.784 bits per heavy atom. The van der Waals surface area contributed by atoms with Gasteiger partial charge in [-0.05, 0) is 55.2 Å². The third-order valence-corrected chi connectivity index (χ3v) is 14.4. The molecule has 2 saturated heterocycles. The second-order valence-corrected chi connectivity index (χ2v) is 20.9. The minimum atomic E-state index is -1.79. The number of hydrogen-bond acceptors (Lipinski definition) is 16. The SMILES string of the molecule is CC[C@H](C)[C@@H]1NC(=O)[C@@H](Cc2ccc(OC)cc2)NC(=O)[C@H](NC(=O)CN)CSSC[C@@H](C(=O)N2CCC[C@@H]2C(=O)N[C@@H](CC(C)C)C(=O)NCC(N)=O)NC(=O)[C@H](CC(N)=O)NC(=O)[C@@H](CCC(N)=O)NC1=O. The van der Waals surface area contributed by atoms with Crippen LogP contribution < -0.4 is 70.2 Å². The van der Waals surface area contributed by atoms with Crippen LogP contribution in [0.4, 0.5) is 0 Å². The van der Waals surface area contributed by atoms with E-state index in [1.165, 1.54) is 12.0 Å². The lowest BCUT2D eigenvalue weighted by atomic mass is 9.96. The zero-order valence-corrected chi connectivity index (χ0v) is 43.8. The quantitative estimate of drug-likeness (QED) is 0.0551. The van der Waals surface area contributed by atoms with Crippen LogP contribution in [0.15, 0.2) is 24.3 Å². The maximum Gasteiger partial charge on any atom is 0.246 e. The molecule has 0 saturated carbocycles. The van der Waals surface area contributed by atoms with Crippen LogP contribution in [0.25, 0.3) is 0 Å². The van der Waals surface area contributed by atoms with Gasteiger partial charge in [-0.2, -0.15) is 0 Å². The van der Waals surface area contributed by atoms with Gasteiger partial charge in [-0.1, -0.05) is 67.8 Å². The molecular formula is C46H71N13O13S2. The monoisotopic (exact) mass is 1080 g/mol. The Labute approximate surface area is 436 Å². The summed E-state index contributed by atoms with van der Waals surface area (Å²) in [6, 6.07) is -4.72. The molecule has 74 heavy (non-hydrogen) atoms. The normalized spacial score (nSPS) is 23.3. The molecule has 2 aliphatic rings. The van der Waals surface area contributed by atoms with Crippen LogP contribution in [0.1, 0.15) is 78.2 Å². The van der Waals surface area contributed by atoms with Gasteiger partial charge < -0.3 is 75.1 Å². The zero-order chi connectivity index (χ0) is 55.2. The van der Waals surface area contributed by atoms with E-state index >= 15 is 0 Å². The van der Waals surface area contributed by atoms with E-state index in [-0.39, 0.29) is 43.2 Å². The number of nitrogens with two attached hydrogens (primary N) is 4. The lowest BCUT2D eigenvalue weighted by Gasteiger charge is -2.31. The summed E-state index contributed by atoms with van der Waals surface area (Å²) >= 11 is 0. The molecule has 26 nitrogen and oxygen atoms in total. The maximum absolute atomic E-state index is 14.7. The summed E-state index contributed by atoms with van der Waals surface area (Å²) in [5.74, 6) is -11.1. The molecule has 2 fully saturated rings. The van der Waals surface area contributed by atoms with Crippen molar-refractivity contribution in [2.45, 2.75) is 127 Å². The van der Waals surface area contributed by atoms with Crippen LogP contribution in [0.2, 0.25) is 0 Å². The third kappa shape index (κ3) is 20.0. The standard InChI is InChI=1S/C46H71N13O13S2/c1-6-24(4)38-45(70)53-27(13-14-34(48)60)40(65)55-30(18-35(49)61)41(66)57-32(46(71)59-15-7-8-33(59)44(69)56-28(16-23(2)3)39(64)51-20-36(50)62)22-74-73-21-31(52-37(63)19-47)43(68)54-29(42(67)58-38)17-25-9-11-26(72-5)12-10-25/h9-12,23-24,27-33,38H,6-8,13-22,47H2,1-5H3,(H2,48,60)(H2,49,61)(H2,50,62)(H,51,64)(H,52,63)(H,53,70)(H,54,68)(H,55,65)(H,56,69)(H,57,66)(H,58,67)/t24-,27+,28-,29+,30-,31+,32-,33+,38-/m0/s1. The molecule has 1 aromatic rings. The van der Waals surface area contributed by atoms with E-state index in [9.17, 15) is 57.5 Å². The van der Waals surface area contributed by atoms with Gasteiger partial charge >= 0.3 is 0 Å². The highest BCUT2D eigenvalue weighted by Gasteiger charge is 2.41. The fourth-order valence-electron chi connectivity index (χ4n) is 7.82. The summed E-state index contributed by atoms with van der Waals surface area (Å²) in [7, 11) is 3.40. The number of rotatable bonds is 20. The van der Waals surface area contributed by atoms with Crippen LogP contribution in [0.5, 0.6) is 5.75 Å². The Morgan fingerprint density at radius 2 is 1.41 bits per heavy atom. The molecule has 0 spiro atoms. The Balaban J connectivity index is 2.14. The fraction of sp³-hybridized carbons (Fsp3) is 0.609. The minimum absolute atomic E-state index is 0.0167. The predicted octanol–water partition coefficient (Wildman–Crippen LogP) is -4.19. The lowest BCUT2D eigenvalue weighted by Crippen LogP contribution is -2.62. The van der Waals surface area contributed by atoms with Crippen molar-refractivity contribution >= 4 is 92.5 Å². The number of nitrogens with zero attached hydrogens (tertiary/aromatic N) is 1. The number of nitrogens with one attached hydrogen (secondary N) is 8. The first-order chi connectivity index (χ1) is 35.0. The lowest BCUT2D eigenvalue weighted by molar-refractivity contribution is -0.142. The first kappa shape index (κ1) is 61.6. The van der Waals surface area contributed by atoms with Gasteiger partial charge in [0.1, 0.15) is 54.1 Å². The average molecular weight is 1080 g/mol. The molecular weight excluding hydrogens is 1010 g/mol. The number of primary amides is 3. The van der Waals surface area contributed by atoms with Crippen LogP contribution in [-0.2, 0) is 64.0 Å². The number of benzene rings is 1. The first-order valence-corrected chi connectivity index (χ1v) is 26.6. The van der Waals surface area contributed by atoms with Gasteiger partial charge in [0.15, 0.2) is 0 Å². The molecule has 28 heteroatoms. The zero-order valence-electron chi connectivity index (χ0n) is 42.2. The largest absolute Gasteiger partial charge is 0.497 e. The second-order valence-electron chi connectivity index (χ2n) is 18.3. The number of carbonyl (C=O) groups is 12. The molecule has 410 valence electrons. The Hall–Kier alpha value is -6.68. The van der Waals surface area contributed by atoms with E-state index in [1.807, 2.05) is 0 Å². The number of carbonyl (C=O) groups excluding carboxylic acids is 12. The van der Waals surface area contributed by atoms with E-state index in [2.05, 4.69) is 42.5 Å². The maximum atomic E-state index is 14.7. The number of hydrogen-bond donors (Lipinski definition) is 12. The number of ether oxygens (including phenoxy) is 1. The van der Waals surface area contributed by atoms with Gasteiger partial charge in [-0.25, -0.2) is 0 Å². The Morgan fingerprint density at radius 3 is 2.00 bits per heavy atom. The molecule has 0 unspecified atom stereocenters.